The van der Waals surface area contributed by atoms with Crippen LogP contribution in [0, 0.1) is 11.6 Å². The number of hydrogen-bond donors (Lipinski definition) is 1. The highest BCUT2D eigenvalue weighted by Gasteiger charge is 2.30. The van der Waals surface area contributed by atoms with Gasteiger partial charge >= 0.3 is 0 Å². The average Bonchev–Trinajstić information content (AvgIpc) is 3.21. The maximum absolute atomic E-state index is 13.7. The molecule has 1 saturated carbocycles. The van der Waals surface area contributed by atoms with E-state index in [1.807, 2.05) is 0 Å². The minimum Gasteiger partial charge on any atom is -0.323 e. The molecule has 1 aliphatic rings. The molecule has 2 rings (SSSR count). The van der Waals surface area contributed by atoms with Crippen LogP contribution in [0.25, 0.3) is 0 Å². The van der Waals surface area contributed by atoms with Crippen LogP contribution in [0.5, 0.6) is 0 Å². The van der Waals surface area contributed by atoms with E-state index in [1.54, 1.807) is 6.07 Å². The molecular formula is C15H22F2N2. The largest absolute Gasteiger partial charge is 0.323 e. The van der Waals surface area contributed by atoms with Crippen LogP contribution in [0.1, 0.15) is 44.2 Å². The number of nitrogens with zero attached hydrogens (tertiary/aromatic N) is 1. The fraction of sp³-hybridized carbons (Fsp3) is 0.600. The van der Waals surface area contributed by atoms with Crippen molar-refractivity contribution in [2.75, 3.05) is 13.1 Å². The minimum atomic E-state index is -0.820. The Morgan fingerprint density at radius 1 is 1.37 bits per heavy atom. The van der Waals surface area contributed by atoms with E-state index in [-0.39, 0.29) is 5.56 Å². The van der Waals surface area contributed by atoms with Crippen LogP contribution in [0.2, 0.25) is 0 Å². The van der Waals surface area contributed by atoms with Crippen LogP contribution in [0.15, 0.2) is 18.2 Å². The van der Waals surface area contributed by atoms with Crippen LogP contribution in [0.3, 0.4) is 0 Å². The maximum atomic E-state index is 13.7. The van der Waals surface area contributed by atoms with Crippen molar-refractivity contribution in [3.8, 4) is 0 Å². The summed E-state index contributed by atoms with van der Waals surface area (Å²) in [6.45, 7) is 3.74. The monoisotopic (exact) mass is 268 g/mol. The zero-order valence-corrected chi connectivity index (χ0v) is 11.4. The molecule has 2 nitrogen and oxygen atoms in total. The summed E-state index contributed by atoms with van der Waals surface area (Å²) in [4.78, 5) is 2.32. The lowest BCUT2D eigenvalue weighted by Crippen LogP contribution is -2.35. The molecule has 1 atom stereocenters. The number of halogens is 2. The Hall–Kier alpha value is -1.00. The molecule has 0 aliphatic heterocycles. The molecular weight excluding hydrogens is 246 g/mol. The molecule has 106 valence electrons. The van der Waals surface area contributed by atoms with Gasteiger partial charge in [0.2, 0.25) is 0 Å². The molecule has 0 radical (unpaired) electrons. The Kier molecular flexibility index (Phi) is 4.88. The van der Waals surface area contributed by atoms with Crippen LogP contribution >= 0.6 is 0 Å². The molecule has 1 aromatic rings. The molecule has 2 N–H and O–H groups in total. The molecule has 4 heteroatoms. The minimum absolute atomic E-state index is 0.280. The van der Waals surface area contributed by atoms with Gasteiger partial charge in [0, 0.05) is 24.2 Å². The SMILES string of the molecule is CCCCN(CC(N)c1cccc(F)c1F)C1CC1. The zero-order valence-electron chi connectivity index (χ0n) is 11.4. The molecule has 1 fully saturated rings. The fourth-order valence-electron chi connectivity index (χ4n) is 2.38. The van der Waals surface area contributed by atoms with Crippen molar-refractivity contribution >= 4 is 0 Å². The summed E-state index contributed by atoms with van der Waals surface area (Å²) in [5.74, 6) is -1.62. The van der Waals surface area contributed by atoms with Crippen molar-refractivity contribution in [1.82, 2.24) is 4.90 Å². The topological polar surface area (TPSA) is 29.3 Å². The van der Waals surface area contributed by atoms with Crippen molar-refractivity contribution in [1.29, 1.82) is 0 Å². The predicted molar refractivity (Wildman–Crippen MR) is 72.8 cm³/mol. The molecule has 0 heterocycles. The third kappa shape index (κ3) is 3.74. The number of unbranched alkanes of at least 4 members (excludes halogenated alkanes) is 1. The summed E-state index contributed by atoms with van der Waals surface area (Å²) in [5, 5.41) is 0. The van der Waals surface area contributed by atoms with E-state index in [0.29, 0.717) is 12.6 Å². The Bertz CT molecular complexity index is 419. The standard InChI is InChI=1S/C15H22F2N2/c1-2-3-9-19(11-7-8-11)10-14(18)12-5-4-6-13(16)15(12)17/h4-6,11,14H,2-3,7-10,18H2,1H3. The number of nitrogens with two attached hydrogens (primary N) is 1. The Morgan fingerprint density at radius 2 is 2.11 bits per heavy atom. The van der Waals surface area contributed by atoms with Crippen molar-refractivity contribution in [2.45, 2.75) is 44.7 Å². The molecule has 0 spiro atoms. The van der Waals surface area contributed by atoms with E-state index in [1.165, 1.54) is 18.9 Å². The van der Waals surface area contributed by atoms with Gasteiger partial charge in [-0.05, 0) is 31.9 Å². The molecule has 0 saturated heterocycles. The second-order valence-corrected chi connectivity index (χ2v) is 5.33. The molecule has 0 aromatic heterocycles. The Labute approximate surface area is 113 Å². The van der Waals surface area contributed by atoms with E-state index < -0.39 is 17.7 Å². The van der Waals surface area contributed by atoms with Crippen LogP contribution < -0.4 is 5.73 Å². The highest BCUT2D eigenvalue weighted by Crippen LogP contribution is 2.29. The van der Waals surface area contributed by atoms with Gasteiger partial charge in [0.1, 0.15) is 0 Å². The van der Waals surface area contributed by atoms with E-state index >= 15 is 0 Å². The van der Waals surface area contributed by atoms with Gasteiger partial charge in [-0.15, -0.1) is 0 Å². The van der Waals surface area contributed by atoms with Crippen LogP contribution in [-0.2, 0) is 0 Å². The van der Waals surface area contributed by atoms with E-state index in [9.17, 15) is 8.78 Å². The number of rotatable bonds is 7. The van der Waals surface area contributed by atoms with E-state index in [0.717, 1.165) is 25.5 Å². The zero-order chi connectivity index (χ0) is 13.8. The predicted octanol–water partition coefficient (Wildman–Crippen LogP) is 3.23. The first-order chi connectivity index (χ1) is 9.13. The average molecular weight is 268 g/mol. The third-order valence-corrected chi connectivity index (χ3v) is 3.67. The second kappa shape index (κ2) is 6.44. The van der Waals surface area contributed by atoms with Crippen molar-refractivity contribution in [2.24, 2.45) is 5.73 Å². The van der Waals surface area contributed by atoms with E-state index in [2.05, 4.69) is 11.8 Å². The third-order valence-electron chi connectivity index (χ3n) is 3.67. The van der Waals surface area contributed by atoms with Gasteiger partial charge in [-0.3, -0.25) is 4.90 Å². The van der Waals surface area contributed by atoms with Crippen molar-refractivity contribution < 1.29 is 8.78 Å². The van der Waals surface area contributed by atoms with Gasteiger partial charge in [-0.1, -0.05) is 25.5 Å². The number of hydrogen-bond acceptors (Lipinski definition) is 2. The molecule has 0 amide bonds. The summed E-state index contributed by atoms with van der Waals surface area (Å²) in [6.07, 6.45) is 4.64. The van der Waals surface area contributed by atoms with E-state index in [4.69, 9.17) is 5.73 Å². The Balaban J connectivity index is 2.01. The molecule has 1 aliphatic carbocycles. The summed E-state index contributed by atoms with van der Waals surface area (Å²) in [7, 11) is 0. The van der Waals surface area contributed by atoms with Crippen molar-refractivity contribution in [3.05, 3.63) is 35.4 Å². The molecule has 19 heavy (non-hydrogen) atoms. The van der Waals surface area contributed by atoms with Gasteiger partial charge in [-0.25, -0.2) is 8.78 Å². The van der Waals surface area contributed by atoms with Gasteiger partial charge in [0.05, 0.1) is 0 Å². The fourth-order valence-corrected chi connectivity index (χ4v) is 2.38. The first-order valence-electron chi connectivity index (χ1n) is 7.07. The highest BCUT2D eigenvalue weighted by atomic mass is 19.2. The normalized spacial score (nSPS) is 16.9. The first-order valence-corrected chi connectivity index (χ1v) is 7.07. The summed E-state index contributed by atoms with van der Waals surface area (Å²) in [6, 6.07) is 4.35. The summed E-state index contributed by atoms with van der Waals surface area (Å²) >= 11 is 0. The van der Waals surface area contributed by atoms with Crippen molar-refractivity contribution in [3.63, 3.8) is 0 Å². The highest BCUT2D eigenvalue weighted by molar-refractivity contribution is 5.22. The molecule has 0 bridgehead atoms. The second-order valence-electron chi connectivity index (χ2n) is 5.33. The van der Waals surface area contributed by atoms with Gasteiger partial charge in [-0.2, -0.15) is 0 Å². The van der Waals surface area contributed by atoms with Gasteiger partial charge < -0.3 is 5.73 Å². The Morgan fingerprint density at radius 3 is 2.74 bits per heavy atom. The quantitative estimate of drug-likeness (QED) is 0.822. The van der Waals surface area contributed by atoms with Crippen LogP contribution in [-0.4, -0.2) is 24.0 Å². The van der Waals surface area contributed by atoms with Gasteiger partial charge in [0.25, 0.3) is 0 Å². The lowest BCUT2D eigenvalue weighted by molar-refractivity contribution is 0.242. The maximum Gasteiger partial charge on any atom is 0.163 e. The number of benzene rings is 1. The lowest BCUT2D eigenvalue weighted by Gasteiger charge is -2.25. The van der Waals surface area contributed by atoms with Gasteiger partial charge in [0.15, 0.2) is 11.6 Å². The molecule has 1 aromatic carbocycles. The molecule has 1 unspecified atom stereocenters. The first kappa shape index (κ1) is 14.4. The summed E-state index contributed by atoms with van der Waals surface area (Å²) < 4.78 is 26.9. The summed E-state index contributed by atoms with van der Waals surface area (Å²) in [5.41, 5.74) is 6.33. The smallest absolute Gasteiger partial charge is 0.163 e. The van der Waals surface area contributed by atoms with Crippen LogP contribution in [0.4, 0.5) is 8.78 Å². The lowest BCUT2D eigenvalue weighted by atomic mass is 10.1.